The average molecular weight is 360 g/mol. The predicted molar refractivity (Wildman–Crippen MR) is 87.8 cm³/mol. The Morgan fingerprint density at radius 1 is 1.20 bits per heavy atom. The third kappa shape index (κ3) is 5.11. The number of para-hydroxylation sites is 1. The fourth-order valence-electron chi connectivity index (χ4n) is 2.18. The number of benzene rings is 1. The minimum atomic E-state index is -5.12. The maximum atomic E-state index is 13.9. The SMILES string of the molecule is CCOC(=O)[C@](NC(=O)CC(C)C)(Nc1ccccc1C)C(F)(F)F. The zero-order valence-electron chi connectivity index (χ0n) is 14.7. The monoisotopic (exact) mass is 360 g/mol. The Kier molecular flexibility index (Phi) is 6.84. The Labute approximate surface area is 144 Å². The molecule has 0 aliphatic rings. The van der Waals surface area contributed by atoms with E-state index in [1.54, 1.807) is 32.9 Å². The highest BCUT2D eigenvalue weighted by molar-refractivity contribution is 5.91. The van der Waals surface area contributed by atoms with Crippen LogP contribution in [0.5, 0.6) is 0 Å². The topological polar surface area (TPSA) is 67.4 Å². The van der Waals surface area contributed by atoms with E-state index in [0.29, 0.717) is 5.56 Å². The van der Waals surface area contributed by atoms with Crippen molar-refractivity contribution in [2.75, 3.05) is 11.9 Å². The molecular weight excluding hydrogens is 337 g/mol. The van der Waals surface area contributed by atoms with Gasteiger partial charge in [0.15, 0.2) is 0 Å². The molecule has 0 radical (unpaired) electrons. The van der Waals surface area contributed by atoms with Gasteiger partial charge in [-0.1, -0.05) is 32.0 Å². The fraction of sp³-hybridized carbons (Fsp3) is 0.529. The quantitative estimate of drug-likeness (QED) is 0.578. The van der Waals surface area contributed by atoms with E-state index in [-0.39, 0.29) is 24.6 Å². The summed E-state index contributed by atoms with van der Waals surface area (Å²) in [6.45, 7) is 6.10. The summed E-state index contributed by atoms with van der Waals surface area (Å²) in [4.78, 5) is 24.3. The van der Waals surface area contributed by atoms with Gasteiger partial charge in [0, 0.05) is 12.1 Å². The summed E-state index contributed by atoms with van der Waals surface area (Å²) in [5.41, 5.74) is -2.81. The van der Waals surface area contributed by atoms with E-state index in [2.05, 4.69) is 10.1 Å². The summed E-state index contributed by atoms with van der Waals surface area (Å²) in [6, 6.07) is 6.16. The number of aryl methyl sites for hydroxylation is 1. The molecular formula is C17H23F3N2O3. The normalized spacial score (nSPS) is 13.9. The van der Waals surface area contributed by atoms with Crippen LogP contribution in [0, 0.1) is 12.8 Å². The number of nitrogens with one attached hydrogen (secondary N) is 2. The van der Waals surface area contributed by atoms with Crippen LogP contribution in [0.4, 0.5) is 18.9 Å². The van der Waals surface area contributed by atoms with Crippen LogP contribution in [-0.2, 0) is 14.3 Å². The minimum absolute atomic E-state index is 0.0673. The molecule has 0 aliphatic carbocycles. The lowest BCUT2D eigenvalue weighted by molar-refractivity contribution is -0.208. The van der Waals surface area contributed by atoms with E-state index in [9.17, 15) is 22.8 Å². The lowest BCUT2D eigenvalue weighted by Crippen LogP contribution is -2.69. The highest BCUT2D eigenvalue weighted by atomic mass is 19.4. The summed E-state index contributed by atoms with van der Waals surface area (Å²) in [6.07, 6.45) is -5.28. The first kappa shape index (κ1) is 20.8. The third-order valence-corrected chi connectivity index (χ3v) is 3.39. The van der Waals surface area contributed by atoms with E-state index in [1.165, 1.54) is 19.1 Å². The van der Waals surface area contributed by atoms with Crippen molar-refractivity contribution in [1.29, 1.82) is 0 Å². The number of alkyl halides is 3. The van der Waals surface area contributed by atoms with Gasteiger partial charge in [-0.2, -0.15) is 13.2 Å². The molecule has 1 rings (SSSR count). The van der Waals surface area contributed by atoms with Crippen molar-refractivity contribution in [3.8, 4) is 0 Å². The van der Waals surface area contributed by atoms with Crippen LogP contribution in [0.1, 0.15) is 32.8 Å². The van der Waals surface area contributed by atoms with Crippen molar-refractivity contribution in [3.63, 3.8) is 0 Å². The summed E-state index contributed by atoms with van der Waals surface area (Å²) in [5, 5.41) is 3.97. The van der Waals surface area contributed by atoms with Crippen LogP contribution in [0.15, 0.2) is 24.3 Å². The molecule has 0 saturated carbocycles. The van der Waals surface area contributed by atoms with Gasteiger partial charge in [-0.25, -0.2) is 4.79 Å². The van der Waals surface area contributed by atoms with Crippen LogP contribution in [0.2, 0.25) is 0 Å². The first-order chi connectivity index (χ1) is 11.5. The van der Waals surface area contributed by atoms with Crippen LogP contribution in [0.25, 0.3) is 0 Å². The molecule has 140 valence electrons. The number of hydrogen-bond acceptors (Lipinski definition) is 4. The minimum Gasteiger partial charge on any atom is -0.463 e. The van der Waals surface area contributed by atoms with E-state index in [1.807, 2.05) is 5.32 Å². The van der Waals surface area contributed by atoms with Crippen molar-refractivity contribution in [2.24, 2.45) is 5.92 Å². The molecule has 1 atom stereocenters. The highest BCUT2D eigenvalue weighted by Crippen LogP contribution is 2.34. The molecule has 1 aromatic carbocycles. The van der Waals surface area contributed by atoms with Gasteiger partial charge in [-0.3, -0.25) is 4.79 Å². The Morgan fingerprint density at radius 2 is 1.80 bits per heavy atom. The molecule has 25 heavy (non-hydrogen) atoms. The van der Waals surface area contributed by atoms with E-state index >= 15 is 0 Å². The fourth-order valence-corrected chi connectivity index (χ4v) is 2.18. The van der Waals surface area contributed by atoms with Crippen LogP contribution >= 0.6 is 0 Å². The first-order valence-electron chi connectivity index (χ1n) is 7.92. The van der Waals surface area contributed by atoms with Gasteiger partial charge in [-0.15, -0.1) is 0 Å². The molecule has 5 nitrogen and oxygen atoms in total. The second-order valence-corrected chi connectivity index (χ2v) is 6.05. The zero-order valence-corrected chi connectivity index (χ0v) is 14.7. The second-order valence-electron chi connectivity index (χ2n) is 6.05. The van der Waals surface area contributed by atoms with Crippen molar-refractivity contribution in [2.45, 2.75) is 46.0 Å². The van der Waals surface area contributed by atoms with Crippen molar-refractivity contribution in [1.82, 2.24) is 5.32 Å². The molecule has 0 aromatic heterocycles. The van der Waals surface area contributed by atoms with E-state index < -0.39 is 23.7 Å². The number of hydrogen-bond donors (Lipinski definition) is 2. The van der Waals surface area contributed by atoms with Crippen LogP contribution in [-0.4, -0.2) is 30.3 Å². The van der Waals surface area contributed by atoms with Gasteiger partial charge in [0.1, 0.15) is 0 Å². The van der Waals surface area contributed by atoms with Crippen molar-refractivity contribution in [3.05, 3.63) is 29.8 Å². The van der Waals surface area contributed by atoms with Gasteiger partial charge in [0.05, 0.1) is 6.61 Å². The number of halogens is 3. The number of carbonyl (C=O) groups is 2. The van der Waals surface area contributed by atoms with Gasteiger partial charge in [-0.05, 0) is 31.4 Å². The summed E-state index contributed by atoms with van der Waals surface area (Å²) in [7, 11) is 0. The zero-order chi connectivity index (χ0) is 19.3. The van der Waals surface area contributed by atoms with Gasteiger partial charge in [0.25, 0.3) is 0 Å². The van der Waals surface area contributed by atoms with E-state index in [0.717, 1.165) is 0 Å². The third-order valence-electron chi connectivity index (χ3n) is 3.39. The largest absolute Gasteiger partial charge is 0.463 e. The molecule has 8 heteroatoms. The molecule has 1 amide bonds. The number of esters is 1. The molecule has 0 spiro atoms. The summed E-state index contributed by atoms with van der Waals surface area (Å²) in [5.74, 6) is -2.68. The molecule has 0 saturated heterocycles. The number of ether oxygens (including phenoxy) is 1. The molecule has 0 bridgehead atoms. The molecule has 2 N–H and O–H groups in total. The number of anilines is 1. The smallest absolute Gasteiger partial charge is 0.441 e. The number of rotatable bonds is 7. The maximum Gasteiger partial charge on any atom is 0.441 e. The van der Waals surface area contributed by atoms with Crippen molar-refractivity contribution < 1.29 is 27.5 Å². The average Bonchev–Trinajstić information content (AvgIpc) is 2.46. The lowest BCUT2D eigenvalue weighted by Gasteiger charge is -2.36. The summed E-state index contributed by atoms with van der Waals surface area (Å²) < 4.78 is 46.3. The van der Waals surface area contributed by atoms with Crippen LogP contribution < -0.4 is 10.6 Å². The van der Waals surface area contributed by atoms with Gasteiger partial charge < -0.3 is 15.4 Å². The Morgan fingerprint density at radius 3 is 2.28 bits per heavy atom. The molecule has 0 aliphatic heterocycles. The molecule has 1 aromatic rings. The standard InChI is InChI=1S/C17H23F3N2O3/c1-5-25-15(24)16(17(18,19)20,22-14(23)10-11(2)3)21-13-9-7-6-8-12(13)4/h6-9,11,21H,5,10H2,1-4H3,(H,22,23)/t16-/m1/s1. The predicted octanol–water partition coefficient (Wildman–Crippen LogP) is 3.39. The second kappa shape index (κ2) is 8.22. The number of carbonyl (C=O) groups excluding carboxylic acids is 2. The Hall–Kier alpha value is -2.25. The molecule has 0 fully saturated rings. The molecule has 0 unspecified atom stereocenters. The summed E-state index contributed by atoms with van der Waals surface area (Å²) >= 11 is 0. The van der Waals surface area contributed by atoms with Gasteiger partial charge in [0.2, 0.25) is 5.91 Å². The number of amides is 1. The first-order valence-corrected chi connectivity index (χ1v) is 7.92. The van der Waals surface area contributed by atoms with Crippen LogP contribution in [0.3, 0.4) is 0 Å². The lowest BCUT2D eigenvalue weighted by atomic mass is 10.1. The highest BCUT2D eigenvalue weighted by Gasteiger charge is 2.63. The maximum absolute atomic E-state index is 13.9. The van der Waals surface area contributed by atoms with Gasteiger partial charge >= 0.3 is 17.8 Å². The Bertz CT molecular complexity index is 617. The van der Waals surface area contributed by atoms with E-state index in [4.69, 9.17) is 0 Å². The van der Waals surface area contributed by atoms with Crippen molar-refractivity contribution >= 4 is 17.6 Å². The Balaban J connectivity index is 3.37. The molecule has 0 heterocycles.